The first kappa shape index (κ1) is 12.1. The van der Waals surface area contributed by atoms with Crippen LogP contribution in [0.1, 0.15) is 28.6 Å². The van der Waals surface area contributed by atoms with Crippen LogP contribution < -0.4 is 0 Å². The normalized spacial score (nSPS) is 12.8. The number of imidazole rings is 1. The van der Waals surface area contributed by atoms with Crippen LogP contribution in [0.25, 0.3) is 0 Å². The van der Waals surface area contributed by atoms with Gasteiger partial charge in [0.2, 0.25) is 0 Å². The number of hydrogen-bond donors (Lipinski definition) is 1. The van der Waals surface area contributed by atoms with Crippen molar-refractivity contribution in [3.05, 3.63) is 52.1 Å². The quantitative estimate of drug-likeness (QED) is 0.890. The molecular formula is C13H15ClN2O. The zero-order chi connectivity index (χ0) is 12.6. The summed E-state index contributed by atoms with van der Waals surface area (Å²) < 4.78 is 1.68. The lowest BCUT2D eigenvalue weighted by Gasteiger charge is -2.12. The molecule has 0 fully saturated rings. The minimum absolute atomic E-state index is 0.517. The van der Waals surface area contributed by atoms with Crippen molar-refractivity contribution in [2.45, 2.75) is 20.0 Å². The van der Waals surface area contributed by atoms with Crippen molar-refractivity contribution >= 4 is 11.6 Å². The monoisotopic (exact) mass is 250 g/mol. The molecule has 0 saturated heterocycles. The Balaban J connectivity index is 2.40. The maximum atomic E-state index is 10.3. The van der Waals surface area contributed by atoms with Crippen LogP contribution in [-0.4, -0.2) is 14.7 Å². The van der Waals surface area contributed by atoms with Gasteiger partial charge >= 0.3 is 0 Å². The lowest BCUT2D eigenvalue weighted by atomic mass is 10.0. The molecule has 0 aliphatic carbocycles. The molecule has 3 nitrogen and oxygen atoms in total. The summed E-state index contributed by atoms with van der Waals surface area (Å²) in [5.74, 6) is 0.554. The van der Waals surface area contributed by atoms with Gasteiger partial charge in [-0.3, -0.25) is 0 Å². The zero-order valence-electron chi connectivity index (χ0n) is 10.1. The van der Waals surface area contributed by atoms with Crippen LogP contribution in [0.5, 0.6) is 0 Å². The maximum Gasteiger partial charge on any atom is 0.143 e. The number of aromatic nitrogens is 2. The predicted molar refractivity (Wildman–Crippen MR) is 68.2 cm³/mol. The highest BCUT2D eigenvalue weighted by Gasteiger charge is 2.17. The van der Waals surface area contributed by atoms with E-state index in [4.69, 9.17) is 11.6 Å². The Labute approximate surface area is 106 Å². The average Bonchev–Trinajstić information content (AvgIpc) is 2.63. The van der Waals surface area contributed by atoms with Gasteiger partial charge in [0.15, 0.2) is 0 Å². The Morgan fingerprint density at radius 1 is 1.29 bits per heavy atom. The third-order valence-corrected chi connectivity index (χ3v) is 3.41. The minimum Gasteiger partial charge on any atom is -0.380 e. The van der Waals surface area contributed by atoms with Crippen LogP contribution in [0.2, 0.25) is 5.15 Å². The van der Waals surface area contributed by atoms with Crippen molar-refractivity contribution < 1.29 is 5.11 Å². The molecule has 1 N–H and O–H groups in total. The number of benzene rings is 1. The first-order valence-corrected chi connectivity index (χ1v) is 5.81. The van der Waals surface area contributed by atoms with Gasteiger partial charge in [-0.2, -0.15) is 0 Å². The fraction of sp³-hybridized carbons (Fsp3) is 0.308. The van der Waals surface area contributed by atoms with Crippen LogP contribution in [0.4, 0.5) is 0 Å². The van der Waals surface area contributed by atoms with E-state index in [1.807, 2.05) is 32.0 Å². The highest BCUT2D eigenvalue weighted by molar-refractivity contribution is 6.29. The second-order valence-electron chi connectivity index (χ2n) is 4.24. The van der Waals surface area contributed by atoms with Gasteiger partial charge in [-0.25, -0.2) is 4.98 Å². The van der Waals surface area contributed by atoms with Gasteiger partial charge in [-0.15, -0.1) is 0 Å². The van der Waals surface area contributed by atoms with Crippen molar-refractivity contribution in [2.24, 2.45) is 7.05 Å². The van der Waals surface area contributed by atoms with Crippen LogP contribution in [0, 0.1) is 13.8 Å². The second-order valence-corrected chi connectivity index (χ2v) is 4.63. The average molecular weight is 251 g/mol. The highest BCUT2D eigenvalue weighted by atomic mass is 35.5. The summed E-state index contributed by atoms with van der Waals surface area (Å²) >= 11 is 5.91. The van der Waals surface area contributed by atoms with E-state index >= 15 is 0 Å². The van der Waals surface area contributed by atoms with Gasteiger partial charge < -0.3 is 9.67 Å². The van der Waals surface area contributed by atoms with Gasteiger partial charge in [0.05, 0.1) is 6.20 Å². The van der Waals surface area contributed by atoms with Crippen molar-refractivity contribution in [3.8, 4) is 0 Å². The predicted octanol–water partition coefficient (Wildman–Crippen LogP) is 2.77. The summed E-state index contributed by atoms with van der Waals surface area (Å²) in [5.41, 5.74) is 3.19. The zero-order valence-corrected chi connectivity index (χ0v) is 10.9. The molecule has 1 heterocycles. The third kappa shape index (κ3) is 2.21. The molecule has 0 radical (unpaired) electrons. The highest BCUT2D eigenvalue weighted by Crippen LogP contribution is 2.24. The lowest BCUT2D eigenvalue weighted by molar-refractivity contribution is 0.206. The maximum absolute atomic E-state index is 10.3. The summed E-state index contributed by atoms with van der Waals surface area (Å²) in [6.45, 7) is 4.07. The summed E-state index contributed by atoms with van der Waals surface area (Å²) in [7, 11) is 1.79. The number of halogens is 1. The molecule has 0 bridgehead atoms. The molecule has 0 amide bonds. The molecule has 90 valence electrons. The second kappa shape index (κ2) is 4.51. The molecule has 4 heteroatoms. The largest absolute Gasteiger partial charge is 0.380 e. The van der Waals surface area contributed by atoms with E-state index in [0.717, 1.165) is 11.1 Å². The number of nitrogens with zero attached hydrogens (tertiary/aromatic N) is 2. The summed E-state index contributed by atoms with van der Waals surface area (Å²) in [4.78, 5) is 4.12. The van der Waals surface area contributed by atoms with Gasteiger partial charge in [-0.1, -0.05) is 29.8 Å². The number of hydrogen-bond acceptors (Lipinski definition) is 2. The molecular weight excluding hydrogens is 236 g/mol. The van der Waals surface area contributed by atoms with Crippen molar-refractivity contribution in [1.29, 1.82) is 0 Å². The molecule has 0 aliphatic heterocycles. The van der Waals surface area contributed by atoms with Crippen molar-refractivity contribution in [2.75, 3.05) is 0 Å². The van der Waals surface area contributed by atoms with Gasteiger partial charge in [-0.05, 0) is 30.5 Å². The molecule has 1 atom stereocenters. The Kier molecular flexibility index (Phi) is 3.22. The van der Waals surface area contributed by atoms with Crippen LogP contribution in [-0.2, 0) is 7.05 Å². The summed E-state index contributed by atoms with van der Waals surface area (Å²) in [6.07, 6.45) is 0.799. The van der Waals surface area contributed by atoms with Crippen LogP contribution in [0.15, 0.2) is 24.4 Å². The van der Waals surface area contributed by atoms with E-state index in [0.29, 0.717) is 11.0 Å². The third-order valence-electron chi connectivity index (χ3n) is 3.06. The molecule has 1 aromatic carbocycles. The number of aliphatic hydroxyl groups excluding tert-OH is 1. The van der Waals surface area contributed by atoms with E-state index in [2.05, 4.69) is 4.98 Å². The molecule has 1 aromatic heterocycles. The van der Waals surface area contributed by atoms with Gasteiger partial charge in [0.25, 0.3) is 0 Å². The van der Waals surface area contributed by atoms with Crippen LogP contribution in [0.3, 0.4) is 0 Å². The van der Waals surface area contributed by atoms with E-state index in [1.165, 1.54) is 5.56 Å². The first-order valence-electron chi connectivity index (χ1n) is 5.43. The number of aliphatic hydroxyl groups is 1. The SMILES string of the molecule is Cc1ccc(C(O)c2ncc(Cl)n2C)cc1C. The Bertz CT molecular complexity index is 548. The van der Waals surface area contributed by atoms with Crippen LogP contribution >= 0.6 is 11.6 Å². The standard InChI is InChI=1S/C13H15ClN2O/c1-8-4-5-10(6-9(8)2)12(17)13-15-7-11(14)16(13)3/h4-7,12,17H,1-3H3. The molecule has 0 aliphatic rings. The van der Waals surface area contributed by atoms with E-state index in [-0.39, 0.29) is 0 Å². The van der Waals surface area contributed by atoms with E-state index in [1.54, 1.807) is 17.8 Å². The number of rotatable bonds is 2. The van der Waals surface area contributed by atoms with E-state index < -0.39 is 6.10 Å². The van der Waals surface area contributed by atoms with Gasteiger partial charge in [0, 0.05) is 7.05 Å². The first-order chi connectivity index (χ1) is 8.00. The summed E-state index contributed by atoms with van der Waals surface area (Å²) in [6, 6.07) is 5.89. The lowest BCUT2D eigenvalue weighted by Crippen LogP contribution is -2.07. The fourth-order valence-electron chi connectivity index (χ4n) is 1.74. The Hall–Kier alpha value is -1.32. The fourth-order valence-corrected chi connectivity index (χ4v) is 1.88. The van der Waals surface area contributed by atoms with E-state index in [9.17, 15) is 5.11 Å². The molecule has 1 unspecified atom stereocenters. The Morgan fingerprint density at radius 2 is 2.00 bits per heavy atom. The minimum atomic E-state index is -0.744. The molecule has 17 heavy (non-hydrogen) atoms. The smallest absolute Gasteiger partial charge is 0.143 e. The van der Waals surface area contributed by atoms with Gasteiger partial charge in [0.1, 0.15) is 17.1 Å². The topological polar surface area (TPSA) is 38.1 Å². The molecule has 2 rings (SSSR count). The van der Waals surface area contributed by atoms with Crippen molar-refractivity contribution in [1.82, 2.24) is 9.55 Å². The summed E-state index contributed by atoms with van der Waals surface area (Å²) in [5, 5.41) is 10.8. The molecule has 2 aromatic rings. The molecule has 0 spiro atoms. The molecule has 0 saturated carbocycles. The number of aryl methyl sites for hydroxylation is 2. The van der Waals surface area contributed by atoms with Crippen molar-refractivity contribution in [3.63, 3.8) is 0 Å². The Morgan fingerprint density at radius 3 is 2.53 bits per heavy atom.